The van der Waals surface area contributed by atoms with Gasteiger partial charge in [-0.15, -0.1) is 0 Å². The normalized spacial score (nSPS) is 13.2. The number of aryl methyl sites for hydroxylation is 1. The smallest absolute Gasteiger partial charge is 0.202 e. The Balaban J connectivity index is 2.48. The van der Waals surface area contributed by atoms with Gasteiger partial charge < -0.3 is 11.1 Å². The van der Waals surface area contributed by atoms with Crippen molar-refractivity contribution in [1.29, 1.82) is 0 Å². The highest BCUT2D eigenvalue weighted by Gasteiger charge is 2.10. The van der Waals surface area contributed by atoms with Crippen molar-refractivity contribution < 1.29 is 0 Å². The van der Waals surface area contributed by atoms with Crippen LogP contribution in [-0.4, -0.2) is 21.9 Å². The third kappa shape index (κ3) is 3.59. The number of rotatable bonds is 5. The molecular formula is C9H18N4S. The first-order chi connectivity index (χ1) is 6.61. The van der Waals surface area contributed by atoms with E-state index in [1.54, 1.807) is 0 Å². The van der Waals surface area contributed by atoms with Gasteiger partial charge in [-0.2, -0.15) is 4.37 Å². The van der Waals surface area contributed by atoms with Crippen molar-refractivity contribution in [3.63, 3.8) is 0 Å². The molecule has 80 valence electrons. The summed E-state index contributed by atoms with van der Waals surface area (Å²) >= 11 is 1.39. The van der Waals surface area contributed by atoms with Gasteiger partial charge in [0.15, 0.2) is 0 Å². The van der Waals surface area contributed by atoms with Crippen molar-refractivity contribution >= 4 is 16.7 Å². The van der Waals surface area contributed by atoms with Crippen LogP contribution in [0, 0.1) is 12.8 Å². The summed E-state index contributed by atoms with van der Waals surface area (Å²) in [5.74, 6) is 1.46. The fraction of sp³-hybridized carbons (Fsp3) is 0.778. The third-order valence-corrected chi connectivity index (χ3v) is 2.63. The standard InChI is InChI=1S/C9H18N4S/c1-6(2)4-8(5-10)12-9-11-7(3)13-14-9/h6,8H,4-5,10H2,1-3H3,(H,11,12,13). The highest BCUT2D eigenvalue weighted by molar-refractivity contribution is 7.09. The fourth-order valence-electron chi connectivity index (χ4n) is 1.31. The number of nitrogens with two attached hydrogens (primary N) is 1. The minimum Gasteiger partial charge on any atom is -0.356 e. The van der Waals surface area contributed by atoms with Crippen LogP contribution in [0.3, 0.4) is 0 Å². The van der Waals surface area contributed by atoms with E-state index < -0.39 is 0 Å². The molecule has 1 unspecified atom stereocenters. The summed E-state index contributed by atoms with van der Waals surface area (Å²) in [4.78, 5) is 4.25. The van der Waals surface area contributed by atoms with Crippen LogP contribution >= 0.6 is 11.5 Å². The second kappa shape index (κ2) is 5.26. The Bertz CT molecular complexity index is 272. The molecular weight excluding hydrogens is 196 g/mol. The molecule has 0 radical (unpaired) electrons. The molecule has 0 spiro atoms. The van der Waals surface area contributed by atoms with Gasteiger partial charge in [-0.3, -0.25) is 0 Å². The second-order valence-corrected chi connectivity index (χ2v) is 4.61. The van der Waals surface area contributed by atoms with Gasteiger partial charge >= 0.3 is 0 Å². The van der Waals surface area contributed by atoms with E-state index >= 15 is 0 Å². The number of nitrogens with one attached hydrogen (secondary N) is 1. The summed E-state index contributed by atoms with van der Waals surface area (Å²) in [5, 5.41) is 4.17. The predicted octanol–water partition coefficient (Wildman–Crippen LogP) is 1.63. The fourth-order valence-corrected chi connectivity index (χ4v) is 1.97. The molecule has 0 aliphatic rings. The van der Waals surface area contributed by atoms with E-state index in [0.29, 0.717) is 18.5 Å². The minimum atomic E-state index is 0.308. The van der Waals surface area contributed by atoms with Crippen LogP contribution in [0.25, 0.3) is 0 Å². The lowest BCUT2D eigenvalue weighted by Crippen LogP contribution is -2.30. The van der Waals surface area contributed by atoms with E-state index in [0.717, 1.165) is 17.4 Å². The van der Waals surface area contributed by atoms with Crippen molar-refractivity contribution in [3.8, 4) is 0 Å². The van der Waals surface area contributed by atoms with Gasteiger partial charge in [0.25, 0.3) is 0 Å². The molecule has 0 aliphatic carbocycles. The molecule has 0 bridgehead atoms. The van der Waals surface area contributed by atoms with E-state index in [1.807, 2.05) is 6.92 Å². The van der Waals surface area contributed by atoms with E-state index in [2.05, 4.69) is 28.5 Å². The maximum Gasteiger partial charge on any atom is 0.202 e. The molecule has 1 aromatic rings. The maximum absolute atomic E-state index is 5.67. The number of aromatic nitrogens is 2. The van der Waals surface area contributed by atoms with Gasteiger partial charge in [0.2, 0.25) is 5.13 Å². The molecule has 0 aromatic carbocycles. The van der Waals surface area contributed by atoms with E-state index in [-0.39, 0.29) is 0 Å². The summed E-state index contributed by atoms with van der Waals surface area (Å²) < 4.78 is 4.11. The van der Waals surface area contributed by atoms with Crippen LogP contribution in [0.1, 0.15) is 26.1 Å². The molecule has 1 aromatic heterocycles. The molecule has 1 rings (SSSR count). The molecule has 1 atom stereocenters. The highest BCUT2D eigenvalue weighted by Crippen LogP contribution is 2.14. The van der Waals surface area contributed by atoms with Crippen molar-refractivity contribution in [2.24, 2.45) is 11.7 Å². The van der Waals surface area contributed by atoms with Gasteiger partial charge in [0.05, 0.1) is 0 Å². The van der Waals surface area contributed by atoms with Gasteiger partial charge in [0, 0.05) is 24.1 Å². The number of nitrogens with zero attached hydrogens (tertiary/aromatic N) is 2. The lowest BCUT2D eigenvalue weighted by molar-refractivity contribution is 0.521. The van der Waals surface area contributed by atoms with E-state index in [9.17, 15) is 0 Å². The number of anilines is 1. The summed E-state index contributed by atoms with van der Waals surface area (Å²) in [6.45, 7) is 6.91. The van der Waals surface area contributed by atoms with E-state index in [4.69, 9.17) is 5.73 Å². The lowest BCUT2D eigenvalue weighted by atomic mass is 10.0. The molecule has 0 fully saturated rings. The average Bonchev–Trinajstić information content (AvgIpc) is 2.49. The summed E-state index contributed by atoms with van der Waals surface area (Å²) in [7, 11) is 0. The first-order valence-electron chi connectivity index (χ1n) is 4.88. The monoisotopic (exact) mass is 214 g/mol. The summed E-state index contributed by atoms with van der Waals surface area (Å²) in [6, 6.07) is 0.308. The van der Waals surface area contributed by atoms with Gasteiger partial charge in [-0.05, 0) is 19.3 Å². The Morgan fingerprint density at radius 1 is 1.50 bits per heavy atom. The number of hydrogen-bond donors (Lipinski definition) is 2. The summed E-state index contributed by atoms with van der Waals surface area (Å²) in [5.41, 5.74) is 5.67. The Kier molecular flexibility index (Phi) is 4.28. The van der Waals surface area contributed by atoms with Gasteiger partial charge in [0.1, 0.15) is 5.82 Å². The van der Waals surface area contributed by atoms with Crippen LogP contribution < -0.4 is 11.1 Å². The predicted molar refractivity (Wildman–Crippen MR) is 60.6 cm³/mol. The zero-order valence-electron chi connectivity index (χ0n) is 8.95. The molecule has 0 aliphatic heterocycles. The zero-order chi connectivity index (χ0) is 10.6. The minimum absolute atomic E-state index is 0.308. The molecule has 3 N–H and O–H groups in total. The number of hydrogen-bond acceptors (Lipinski definition) is 5. The van der Waals surface area contributed by atoms with E-state index in [1.165, 1.54) is 11.5 Å². The SMILES string of the molecule is Cc1nsc(NC(CN)CC(C)C)n1. The largest absolute Gasteiger partial charge is 0.356 e. The van der Waals surface area contributed by atoms with Crippen LogP contribution in [0.15, 0.2) is 0 Å². The Hall–Kier alpha value is -0.680. The topological polar surface area (TPSA) is 63.8 Å². The zero-order valence-corrected chi connectivity index (χ0v) is 9.77. The molecule has 1 heterocycles. The van der Waals surface area contributed by atoms with Crippen molar-refractivity contribution in [2.75, 3.05) is 11.9 Å². The van der Waals surface area contributed by atoms with Gasteiger partial charge in [-0.1, -0.05) is 13.8 Å². The quantitative estimate of drug-likeness (QED) is 0.782. The van der Waals surface area contributed by atoms with Crippen molar-refractivity contribution in [3.05, 3.63) is 5.82 Å². The Labute approximate surface area is 89.1 Å². The van der Waals surface area contributed by atoms with Crippen molar-refractivity contribution in [2.45, 2.75) is 33.2 Å². The third-order valence-electron chi connectivity index (χ3n) is 1.90. The molecule has 4 nitrogen and oxygen atoms in total. The average molecular weight is 214 g/mol. The van der Waals surface area contributed by atoms with Crippen molar-refractivity contribution in [1.82, 2.24) is 9.36 Å². The maximum atomic E-state index is 5.67. The lowest BCUT2D eigenvalue weighted by Gasteiger charge is -2.17. The molecule has 14 heavy (non-hydrogen) atoms. The van der Waals surface area contributed by atoms with Crippen LogP contribution in [0.5, 0.6) is 0 Å². The molecule has 5 heteroatoms. The van der Waals surface area contributed by atoms with Gasteiger partial charge in [-0.25, -0.2) is 4.98 Å². The van der Waals surface area contributed by atoms with Crippen LogP contribution in [-0.2, 0) is 0 Å². The molecule has 0 saturated carbocycles. The first kappa shape index (κ1) is 11.4. The second-order valence-electron chi connectivity index (χ2n) is 3.85. The van der Waals surface area contributed by atoms with Crippen LogP contribution in [0.4, 0.5) is 5.13 Å². The van der Waals surface area contributed by atoms with Crippen LogP contribution in [0.2, 0.25) is 0 Å². The Morgan fingerprint density at radius 2 is 2.21 bits per heavy atom. The molecule has 0 saturated heterocycles. The first-order valence-corrected chi connectivity index (χ1v) is 5.66. The summed E-state index contributed by atoms with van der Waals surface area (Å²) in [6.07, 6.45) is 1.06. The highest BCUT2D eigenvalue weighted by atomic mass is 32.1. The Morgan fingerprint density at radius 3 is 2.64 bits per heavy atom. The molecule has 0 amide bonds.